The molecule has 3 atom stereocenters. The van der Waals surface area contributed by atoms with E-state index in [0.29, 0.717) is 18.1 Å². The zero-order valence-electron chi connectivity index (χ0n) is 17.2. The first-order valence-electron chi connectivity index (χ1n) is 10.5. The van der Waals surface area contributed by atoms with E-state index in [1.54, 1.807) is 0 Å². The van der Waals surface area contributed by atoms with Crippen LogP contribution in [0.3, 0.4) is 0 Å². The Morgan fingerprint density at radius 2 is 2.07 bits per heavy atom. The summed E-state index contributed by atoms with van der Waals surface area (Å²) in [5.74, 6) is 0.0837. The van der Waals surface area contributed by atoms with Crippen molar-refractivity contribution in [2.45, 2.75) is 90.5 Å². The third kappa shape index (κ3) is 3.78. The van der Waals surface area contributed by atoms with Crippen molar-refractivity contribution in [3.63, 3.8) is 0 Å². The van der Waals surface area contributed by atoms with Gasteiger partial charge in [-0.25, -0.2) is 4.39 Å². The van der Waals surface area contributed by atoms with Crippen LogP contribution in [-0.2, 0) is 16.6 Å². The molecule has 1 aromatic carbocycles. The summed E-state index contributed by atoms with van der Waals surface area (Å²) >= 11 is 0. The third-order valence-electron chi connectivity index (χ3n) is 6.90. The van der Waals surface area contributed by atoms with Crippen molar-refractivity contribution in [1.82, 2.24) is 0 Å². The van der Waals surface area contributed by atoms with Crippen LogP contribution in [0.5, 0.6) is 5.75 Å². The van der Waals surface area contributed by atoms with Gasteiger partial charge in [-0.05, 0) is 62.6 Å². The predicted octanol–water partition coefficient (Wildman–Crippen LogP) is 5.28. The van der Waals surface area contributed by atoms with E-state index in [1.807, 2.05) is 26.8 Å². The van der Waals surface area contributed by atoms with Gasteiger partial charge in [0.05, 0.1) is 5.41 Å². The zero-order chi connectivity index (χ0) is 19.8. The molecule has 0 aliphatic heterocycles. The minimum Gasteiger partial charge on any atom is -0.426 e. The monoisotopic (exact) mass is 375 g/mol. The highest BCUT2D eigenvalue weighted by molar-refractivity contribution is 5.78. The lowest BCUT2D eigenvalue weighted by atomic mass is 9.60. The number of ether oxygens (including phenoxy) is 1. The van der Waals surface area contributed by atoms with E-state index < -0.39 is 5.41 Å². The highest BCUT2D eigenvalue weighted by Gasteiger charge is 2.45. The molecule has 2 N–H and O–H groups in total. The topological polar surface area (TPSA) is 52.3 Å². The Bertz CT molecular complexity index is 715. The first-order valence-corrected chi connectivity index (χ1v) is 10.5. The number of carbonyl (C=O) groups excluding carboxylic acids is 1. The van der Waals surface area contributed by atoms with E-state index in [9.17, 15) is 4.79 Å². The number of fused-ring (bicyclic) bond motifs is 4. The van der Waals surface area contributed by atoms with Gasteiger partial charge < -0.3 is 10.5 Å². The minimum absolute atomic E-state index is 0.0205. The molecule has 1 aromatic rings. The first-order chi connectivity index (χ1) is 12.7. The smallest absolute Gasteiger partial charge is 0.316 e. The van der Waals surface area contributed by atoms with Gasteiger partial charge in [0.2, 0.25) is 0 Å². The molecular formula is C23H34FNO2. The number of rotatable bonds is 4. The fourth-order valence-electron chi connectivity index (χ4n) is 5.11. The molecule has 2 bridgehead atoms. The van der Waals surface area contributed by atoms with Crippen molar-refractivity contribution in [3.8, 4) is 5.75 Å². The van der Waals surface area contributed by atoms with Crippen LogP contribution >= 0.6 is 0 Å². The largest absolute Gasteiger partial charge is 0.426 e. The normalized spacial score (nSPS) is 28.1. The molecule has 27 heavy (non-hydrogen) atoms. The molecule has 2 aliphatic rings. The average Bonchev–Trinajstić information content (AvgIpc) is 2.59. The van der Waals surface area contributed by atoms with E-state index in [0.717, 1.165) is 43.2 Å². The van der Waals surface area contributed by atoms with Crippen molar-refractivity contribution in [3.05, 3.63) is 29.1 Å². The lowest BCUT2D eigenvalue weighted by molar-refractivity contribution is -0.144. The van der Waals surface area contributed by atoms with Crippen molar-refractivity contribution < 1.29 is 13.9 Å². The first kappa shape index (κ1) is 20.3. The maximum atomic E-state index is 15.0. The highest BCUT2D eigenvalue weighted by Crippen LogP contribution is 2.47. The second-order valence-electron chi connectivity index (χ2n) is 9.46. The maximum absolute atomic E-state index is 15.0. The third-order valence-corrected chi connectivity index (χ3v) is 6.90. The van der Waals surface area contributed by atoms with E-state index in [-0.39, 0.29) is 23.2 Å². The molecule has 4 heteroatoms. The standard InChI is InChI=1S/C23H34FNO2/c1-5-10-22(2,3)21(26)27-16-13-18-17(19(24)14-16)12-15-9-7-6-8-11-23(18,4)20(15)25/h13-15,20H,5-12,25H2,1-4H3/t15?,20-,23+/m0/s1. The molecule has 3 rings (SSSR count). The summed E-state index contributed by atoms with van der Waals surface area (Å²) in [6.07, 6.45) is 7.83. The quantitative estimate of drug-likeness (QED) is 0.575. The van der Waals surface area contributed by atoms with Gasteiger partial charge in [0.1, 0.15) is 11.6 Å². The molecule has 0 radical (unpaired) electrons. The second-order valence-corrected chi connectivity index (χ2v) is 9.46. The maximum Gasteiger partial charge on any atom is 0.316 e. The van der Waals surface area contributed by atoms with Crippen LogP contribution in [0.1, 0.15) is 83.8 Å². The fourth-order valence-corrected chi connectivity index (χ4v) is 5.11. The number of carbonyl (C=O) groups is 1. The van der Waals surface area contributed by atoms with Gasteiger partial charge in [-0.2, -0.15) is 0 Å². The van der Waals surface area contributed by atoms with Crippen LogP contribution in [0.4, 0.5) is 4.39 Å². The minimum atomic E-state index is -0.577. The summed E-state index contributed by atoms with van der Waals surface area (Å²) in [6.45, 7) is 7.97. The second kappa shape index (κ2) is 7.54. The van der Waals surface area contributed by atoms with Gasteiger partial charge in [-0.1, -0.05) is 39.5 Å². The Kier molecular flexibility index (Phi) is 5.67. The molecule has 1 fully saturated rings. The molecule has 2 aliphatic carbocycles. The molecule has 3 nitrogen and oxygen atoms in total. The Labute approximate surface area is 162 Å². The lowest BCUT2D eigenvalue weighted by Crippen LogP contribution is -2.53. The number of hydrogen-bond donors (Lipinski definition) is 1. The summed E-state index contributed by atoms with van der Waals surface area (Å²) in [4.78, 5) is 12.6. The van der Waals surface area contributed by atoms with Crippen LogP contribution in [-0.4, -0.2) is 12.0 Å². The molecule has 0 spiro atoms. The molecule has 0 amide bonds. The summed E-state index contributed by atoms with van der Waals surface area (Å²) in [7, 11) is 0. The van der Waals surface area contributed by atoms with Crippen LogP contribution in [0, 0.1) is 17.2 Å². The van der Waals surface area contributed by atoms with Gasteiger partial charge in [-0.15, -0.1) is 0 Å². The molecule has 0 aromatic heterocycles. The van der Waals surface area contributed by atoms with Crippen molar-refractivity contribution in [2.75, 3.05) is 0 Å². The molecule has 150 valence electrons. The Morgan fingerprint density at radius 1 is 1.33 bits per heavy atom. The number of esters is 1. The Morgan fingerprint density at radius 3 is 2.78 bits per heavy atom. The Hall–Kier alpha value is -1.42. The summed E-state index contributed by atoms with van der Waals surface area (Å²) in [5, 5.41) is 0. The fraction of sp³-hybridized carbons (Fsp3) is 0.696. The van der Waals surface area contributed by atoms with Gasteiger partial charge in [0.15, 0.2) is 0 Å². The number of hydrogen-bond acceptors (Lipinski definition) is 3. The van der Waals surface area contributed by atoms with Gasteiger partial charge >= 0.3 is 5.97 Å². The molecule has 0 saturated heterocycles. The molecule has 1 unspecified atom stereocenters. The van der Waals surface area contributed by atoms with Crippen LogP contribution in [0.2, 0.25) is 0 Å². The lowest BCUT2D eigenvalue weighted by Gasteiger charge is -2.47. The molecule has 1 saturated carbocycles. The van der Waals surface area contributed by atoms with E-state index in [1.165, 1.54) is 18.9 Å². The highest BCUT2D eigenvalue weighted by atomic mass is 19.1. The molecular weight excluding hydrogens is 341 g/mol. The number of nitrogens with two attached hydrogens (primary N) is 1. The molecule has 0 heterocycles. The van der Waals surface area contributed by atoms with E-state index in [4.69, 9.17) is 10.5 Å². The summed E-state index contributed by atoms with van der Waals surface area (Å²) < 4.78 is 20.7. The van der Waals surface area contributed by atoms with Crippen LogP contribution in [0.15, 0.2) is 12.1 Å². The SMILES string of the molecule is CCCC(C)(C)C(=O)Oc1cc(F)c2c(c1)[C@@]1(C)CCCCCC(C2)[C@@H]1N. The van der Waals surface area contributed by atoms with E-state index in [2.05, 4.69) is 6.92 Å². The summed E-state index contributed by atoms with van der Waals surface area (Å²) in [6, 6.07) is 3.29. The van der Waals surface area contributed by atoms with Crippen molar-refractivity contribution in [2.24, 2.45) is 17.1 Å². The number of halogens is 1. The number of benzene rings is 1. The van der Waals surface area contributed by atoms with Gasteiger partial charge in [0, 0.05) is 17.5 Å². The van der Waals surface area contributed by atoms with Crippen molar-refractivity contribution >= 4 is 5.97 Å². The van der Waals surface area contributed by atoms with Crippen LogP contribution < -0.4 is 10.5 Å². The van der Waals surface area contributed by atoms with Crippen LogP contribution in [0.25, 0.3) is 0 Å². The summed E-state index contributed by atoms with van der Waals surface area (Å²) in [5.41, 5.74) is 7.57. The van der Waals surface area contributed by atoms with E-state index >= 15 is 4.39 Å². The van der Waals surface area contributed by atoms with Gasteiger partial charge in [-0.3, -0.25) is 4.79 Å². The van der Waals surface area contributed by atoms with Gasteiger partial charge in [0.25, 0.3) is 0 Å². The predicted molar refractivity (Wildman–Crippen MR) is 106 cm³/mol. The van der Waals surface area contributed by atoms with Crippen molar-refractivity contribution in [1.29, 1.82) is 0 Å². The average molecular weight is 376 g/mol. The Balaban J connectivity index is 1.97. The zero-order valence-corrected chi connectivity index (χ0v) is 17.2.